The topological polar surface area (TPSA) is 59.4 Å². The molecular formula is C28H23Cl3F4N4O2. The molecule has 0 radical (unpaired) electrons. The van der Waals surface area contributed by atoms with Crippen molar-refractivity contribution < 1.29 is 27.1 Å². The first-order valence-electron chi connectivity index (χ1n) is 12.2. The highest BCUT2D eigenvalue weighted by atomic mass is 35.5. The first-order chi connectivity index (χ1) is 19.1. The molecule has 2 aromatic carbocycles. The van der Waals surface area contributed by atoms with Crippen LogP contribution in [0.3, 0.4) is 0 Å². The molecule has 1 aliphatic rings. The van der Waals surface area contributed by atoms with Gasteiger partial charge in [0.2, 0.25) is 0 Å². The Kier molecular flexibility index (Phi) is 9.48. The number of fused-ring (bicyclic) bond motifs is 3. The number of nitrogens with zero attached hydrogens (tertiary/aromatic N) is 3. The zero-order chi connectivity index (χ0) is 28.4. The second-order valence-corrected chi connectivity index (χ2v) is 10.0. The molecule has 0 fully saturated rings. The fourth-order valence-corrected chi connectivity index (χ4v) is 5.16. The number of hydrogen-bond acceptors (Lipinski definition) is 4. The van der Waals surface area contributed by atoms with E-state index >= 15 is 0 Å². The maximum Gasteiger partial charge on any atom is 0.573 e. The molecule has 5 rings (SSSR count). The SMILES string of the molecule is Cl.O=C(NCc1ccnc(Cl)c1)n1c2c(c3cc(Cl)ccc31)CN(C/C=C/c1cc(F)cc(OC(F)(F)F)c1)CC2. The van der Waals surface area contributed by atoms with Crippen LogP contribution in [0.15, 0.2) is 60.8 Å². The van der Waals surface area contributed by atoms with E-state index < -0.39 is 17.9 Å². The van der Waals surface area contributed by atoms with Crippen LogP contribution < -0.4 is 10.1 Å². The first kappa shape index (κ1) is 30.6. The number of amides is 1. The molecule has 41 heavy (non-hydrogen) atoms. The Morgan fingerprint density at radius 2 is 1.93 bits per heavy atom. The van der Waals surface area contributed by atoms with Gasteiger partial charge < -0.3 is 10.1 Å². The third kappa shape index (κ3) is 7.51. The van der Waals surface area contributed by atoms with E-state index in [9.17, 15) is 22.4 Å². The summed E-state index contributed by atoms with van der Waals surface area (Å²) in [6, 6.07) is 11.5. The van der Waals surface area contributed by atoms with E-state index in [1.54, 1.807) is 41.1 Å². The van der Waals surface area contributed by atoms with Gasteiger partial charge in [-0.3, -0.25) is 9.47 Å². The molecule has 1 aliphatic heterocycles. The van der Waals surface area contributed by atoms with Crippen molar-refractivity contribution in [2.45, 2.75) is 25.9 Å². The molecule has 0 bridgehead atoms. The molecule has 0 atom stereocenters. The van der Waals surface area contributed by atoms with Crippen LogP contribution >= 0.6 is 35.6 Å². The number of halogens is 7. The number of nitrogens with one attached hydrogen (secondary N) is 1. The Morgan fingerprint density at radius 1 is 1.12 bits per heavy atom. The van der Waals surface area contributed by atoms with Crippen molar-refractivity contribution in [2.75, 3.05) is 13.1 Å². The van der Waals surface area contributed by atoms with Crippen LogP contribution in [-0.4, -0.2) is 39.9 Å². The molecule has 0 saturated heterocycles. The minimum Gasteiger partial charge on any atom is -0.406 e. The van der Waals surface area contributed by atoms with E-state index in [2.05, 4.69) is 19.9 Å². The van der Waals surface area contributed by atoms with Crippen LogP contribution in [0.5, 0.6) is 5.75 Å². The molecule has 0 unspecified atom stereocenters. The molecule has 4 aromatic rings. The summed E-state index contributed by atoms with van der Waals surface area (Å²) in [5, 5.41) is 4.68. The lowest BCUT2D eigenvalue weighted by Gasteiger charge is -2.27. The van der Waals surface area contributed by atoms with Crippen molar-refractivity contribution in [3.05, 3.63) is 99.2 Å². The molecule has 0 saturated carbocycles. The average molecular weight is 630 g/mol. The van der Waals surface area contributed by atoms with Gasteiger partial charge in [0.25, 0.3) is 0 Å². The Morgan fingerprint density at radius 3 is 2.68 bits per heavy atom. The molecule has 1 N–H and O–H groups in total. The number of alkyl halides is 3. The predicted molar refractivity (Wildman–Crippen MR) is 152 cm³/mol. The van der Waals surface area contributed by atoms with Crippen molar-refractivity contribution in [1.29, 1.82) is 0 Å². The third-order valence-electron chi connectivity index (χ3n) is 6.43. The van der Waals surface area contributed by atoms with E-state index in [0.29, 0.717) is 42.3 Å². The second kappa shape index (κ2) is 12.7. The summed E-state index contributed by atoms with van der Waals surface area (Å²) in [7, 11) is 0. The number of aromatic nitrogens is 2. The lowest BCUT2D eigenvalue weighted by atomic mass is 10.0. The van der Waals surface area contributed by atoms with Crippen molar-refractivity contribution in [3.8, 4) is 5.75 Å². The van der Waals surface area contributed by atoms with Crippen LogP contribution in [0.4, 0.5) is 22.4 Å². The van der Waals surface area contributed by atoms with Gasteiger partial charge in [-0.2, -0.15) is 0 Å². The van der Waals surface area contributed by atoms with Gasteiger partial charge in [0, 0.05) is 61.0 Å². The highest BCUT2D eigenvalue weighted by molar-refractivity contribution is 6.31. The van der Waals surface area contributed by atoms with Gasteiger partial charge in [0.15, 0.2) is 0 Å². The lowest BCUT2D eigenvalue weighted by molar-refractivity contribution is -0.274. The van der Waals surface area contributed by atoms with Crippen molar-refractivity contribution in [2.24, 2.45) is 0 Å². The van der Waals surface area contributed by atoms with Gasteiger partial charge in [-0.25, -0.2) is 14.2 Å². The average Bonchev–Trinajstić information content (AvgIpc) is 3.19. The number of carbonyl (C=O) groups is 1. The largest absolute Gasteiger partial charge is 0.573 e. The highest BCUT2D eigenvalue weighted by Gasteiger charge is 2.31. The maximum atomic E-state index is 13.8. The van der Waals surface area contributed by atoms with Crippen LogP contribution in [-0.2, 0) is 19.5 Å². The van der Waals surface area contributed by atoms with E-state index in [4.69, 9.17) is 23.2 Å². The van der Waals surface area contributed by atoms with Gasteiger partial charge in [0.1, 0.15) is 16.7 Å². The smallest absolute Gasteiger partial charge is 0.406 e. The Bertz CT molecular complexity index is 1610. The molecule has 2 aromatic heterocycles. The number of carbonyl (C=O) groups excluding carboxylic acids is 1. The van der Waals surface area contributed by atoms with Crippen LogP contribution in [0.1, 0.15) is 22.4 Å². The van der Waals surface area contributed by atoms with Gasteiger partial charge in [-0.05, 0) is 59.2 Å². The number of hydrogen-bond donors (Lipinski definition) is 1. The monoisotopic (exact) mass is 628 g/mol. The van der Waals surface area contributed by atoms with E-state index in [-0.39, 0.29) is 30.5 Å². The van der Waals surface area contributed by atoms with Gasteiger partial charge in [-0.1, -0.05) is 35.4 Å². The first-order valence-corrected chi connectivity index (χ1v) is 13.0. The molecular weight excluding hydrogens is 607 g/mol. The minimum absolute atomic E-state index is 0. The normalized spacial score (nSPS) is 13.7. The second-order valence-electron chi connectivity index (χ2n) is 9.22. The number of rotatable bonds is 6. The predicted octanol–water partition coefficient (Wildman–Crippen LogP) is 7.63. The summed E-state index contributed by atoms with van der Waals surface area (Å²) in [6.45, 7) is 1.87. The van der Waals surface area contributed by atoms with Crippen molar-refractivity contribution >= 4 is 58.6 Å². The Balaban J connectivity index is 0.00000387. The molecule has 13 heteroatoms. The third-order valence-corrected chi connectivity index (χ3v) is 6.87. The van der Waals surface area contributed by atoms with Crippen molar-refractivity contribution in [1.82, 2.24) is 19.8 Å². The fraction of sp³-hybridized carbons (Fsp3) is 0.214. The summed E-state index contributed by atoms with van der Waals surface area (Å²) >= 11 is 12.3. The minimum atomic E-state index is -4.91. The fourth-order valence-electron chi connectivity index (χ4n) is 4.79. The number of benzene rings is 2. The summed E-state index contributed by atoms with van der Waals surface area (Å²) in [6.07, 6.45) is 0.529. The van der Waals surface area contributed by atoms with E-state index in [1.165, 1.54) is 0 Å². The Hall–Kier alpha value is -3.31. The van der Waals surface area contributed by atoms with Crippen LogP contribution in [0, 0.1) is 5.82 Å². The number of pyridine rings is 1. The summed E-state index contributed by atoms with van der Waals surface area (Å²) < 4.78 is 56.9. The van der Waals surface area contributed by atoms with Gasteiger partial charge >= 0.3 is 12.4 Å². The maximum absolute atomic E-state index is 13.8. The van der Waals surface area contributed by atoms with E-state index in [0.717, 1.165) is 39.9 Å². The Labute approximate surface area is 248 Å². The van der Waals surface area contributed by atoms with E-state index in [1.807, 2.05) is 12.1 Å². The van der Waals surface area contributed by atoms with Crippen LogP contribution in [0.25, 0.3) is 17.0 Å². The van der Waals surface area contributed by atoms with Crippen LogP contribution in [0.2, 0.25) is 10.2 Å². The summed E-state index contributed by atoms with van der Waals surface area (Å²) in [5.74, 6) is -1.45. The zero-order valence-electron chi connectivity index (χ0n) is 21.2. The lowest BCUT2D eigenvalue weighted by Crippen LogP contribution is -2.34. The van der Waals surface area contributed by atoms with Gasteiger partial charge in [0.05, 0.1) is 5.52 Å². The van der Waals surface area contributed by atoms with Crippen molar-refractivity contribution in [3.63, 3.8) is 0 Å². The molecule has 1 amide bonds. The molecule has 6 nitrogen and oxygen atoms in total. The highest BCUT2D eigenvalue weighted by Crippen LogP contribution is 2.33. The number of ether oxygens (including phenoxy) is 1. The summed E-state index contributed by atoms with van der Waals surface area (Å²) in [5.41, 5.74) is 3.63. The molecule has 0 aliphatic carbocycles. The molecule has 0 spiro atoms. The molecule has 3 heterocycles. The molecule has 216 valence electrons. The quantitative estimate of drug-likeness (QED) is 0.176. The van der Waals surface area contributed by atoms with Gasteiger partial charge in [-0.15, -0.1) is 25.6 Å². The zero-order valence-corrected chi connectivity index (χ0v) is 23.5. The summed E-state index contributed by atoms with van der Waals surface area (Å²) in [4.78, 5) is 19.4. The standard InChI is InChI=1S/C28H22Cl2F4N4O2.ClH/c29-19-3-4-24-22(13-19)23-16-37(8-1-2-17-10-20(31)14-21(11-17)40-28(32,33)34)9-6-25(23)38(24)27(39)36-15-18-5-7-35-26(30)12-18;/h1-5,7,10-14H,6,8-9,15-16H2,(H,36,39);1H/b2-1+;.